The Bertz CT molecular complexity index is 1310. The number of carbonyl (C=O) groups is 2. The SMILES string of the molecule is CCc1ccccc1N(CC(=O)N(Cc1ccccc1)[C@@H](C)C(=O)NCC(C)C)S(=O)(=O)c1ccccc1. The van der Waals surface area contributed by atoms with Gasteiger partial charge in [0.05, 0.1) is 10.6 Å². The van der Waals surface area contributed by atoms with Gasteiger partial charge in [0.15, 0.2) is 0 Å². The first-order valence-electron chi connectivity index (χ1n) is 12.9. The number of nitrogens with zero attached hydrogens (tertiary/aromatic N) is 2. The van der Waals surface area contributed by atoms with E-state index in [4.69, 9.17) is 0 Å². The molecule has 0 aliphatic rings. The Hall–Kier alpha value is -3.65. The Morgan fingerprint density at radius 2 is 1.42 bits per heavy atom. The van der Waals surface area contributed by atoms with Gasteiger partial charge >= 0.3 is 0 Å². The molecule has 1 atom stereocenters. The Morgan fingerprint density at radius 3 is 2.03 bits per heavy atom. The van der Waals surface area contributed by atoms with Gasteiger partial charge in [-0.05, 0) is 48.6 Å². The number of amides is 2. The fraction of sp³-hybridized carbons (Fsp3) is 0.333. The van der Waals surface area contributed by atoms with E-state index in [-0.39, 0.29) is 23.3 Å². The minimum absolute atomic E-state index is 0.0936. The number of nitrogens with one attached hydrogen (secondary N) is 1. The third-order valence-corrected chi connectivity index (χ3v) is 8.07. The van der Waals surface area contributed by atoms with E-state index >= 15 is 0 Å². The molecule has 0 bridgehead atoms. The van der Waals surface area contributed by atoms with Crippen molar-refractivity contribution in [2.75, 3.05) is 17.4 Å². The molecule has 202 valence electrons. The highest BCUT2D eigenvalue weighted by atomic mass is 32.2. The van der Waals surface area contributed by atoms with E-state index in [1.54, 1.807) is 37.3 Å². The van der Waals surface area contributed by atoms with E-state index < -0.39 is 28.5 Å². The van der Waals surface area contributed by atoms with E-state index in [9.17, 15) is 18.0 Å². The topological polar surface area (TPSA) is 86.8 Å². The monoisotopic (exact) mass is 535 g/mol. The maximum Gasteiger partial charge on any atom is 0.264 e. The molecular weight excluding hydrogens is 498 g/mol. The number of hydrogen-bond donors (Lipinski definition) is 1. The van der Waals surface area contributed by atoms with Gasteiger partial charge < -0.3 is 10.2 Å². The van der Waals surface area contributed by atoms with Crippen LogP contribution in [0.15, 0.2) is 89.8 Å². The summed E-state index contributed by atoms with van der Waals surface area (Å²) in [6.45, 7) is 7.82. The molecule has 0 heterocycles. The zero-order valence-electron chi connectivity index (χ0n) is 22.5. The van der Waals surface area contributed by atoms with Crippen molar-refractivity contribution in [2.45, 2.75) is 51.6 Å². The molecule has 0 aliphatic heterocycles. The van der Waals surface area contributed by atoms with E-state index in [1.807, 2.05) is 63.2 Å². The first kappa shape index (κ1) is 28.9. The van der Waals surface area contributed by atoms with Crippen LogP contribution in [0.1, 0.15) is 38.8 Å². The Kier molecular flexibility index (Phi) is 10.1. The minimum Gasteiger partial charge on any atom is -0.354 e. The largest absolute Gasteiger partial charge is 0.354 e. The van der Waals surface area contributed by atoms with Crippen LogP contribution in [0, 0.1) is 5.92 Å². The van der Waals surface area contributed by atoms with Crippen LogP contribution >= 0.6 is 0 Å². The van der Waals surface area contributed by atoms with E-state index in [0.717, 1.165) is 11.1 Å². The number of carbonyl (C=O) groups excluding carboxylic acids is 2. The third kappa shape index (κ3) is 7.22. The molecule has 0 radical (unpaired) electrons. The molecule has 8 heteroatoms. The van der Waals surface area contributed by atoms with Crippen LogP contribution in [0.3, 0.4) is 0 Å². The Labute approximate surface area is 226 Å². The number of benzene rings is 3. The second-order valence-corrected chi connectivity index (χ2v) is 11.5. The van der Waals surface area contributed by atoms with Gasteiger partial charge in [0, 0.05) is 13.1 Å². The zero-order valence-corrected chi connectivity index (χ0v) is 23.3. The van der Waals surface area contributed by atoms with Gasteiger partial charge in [0.2, 0.25) is 11.8 Å². The van der Waals surface area contributed by atoms with Crippen molar-refractivity contribution in [2.24, 2.45) is 5.92 Å². The first-order valence-corrected chi connectivity index (χ1v) is 14.4. The van der Waals surface area contributed by atoms with Crippen molar-refractivity contribution in [1.29, 1.82) is 0 Å². The average Bonchev–Trinajstić information content (AvgIpc) is 2.93. The lowest BCUT2D eigenvalue weighted by atomic mass is 10.1. The van der Waals surface area contributed by atoms with Crippen LogP contribution in [-0.2, 0) is 32.6 Å². The molecule has 0 unspecified atom stereocenters. The number of hydrogen-bond acceptors (Lipinski definition) is 4. The number of anilines is 1. The second kappa shape index (κ2) is 13.2. The summed E-state index contributed by atoms with van der Waals surface area (Å²) in [6.07, 6.45) is 0.590. The first-order chi connectivity index (χ1) is 18.1. The number of rotatable bonds is 12. The lowest BCUT2D eigenvalue weighted by Crippen LogP contribution is -2.51. The summed E-state index contributed by atoms with van der Waals surface area (Å²) in [5.74, 6) is -0.498. The minimum atomic E-state index is -4.07. The summed E-state index contributed by atoms with van der Waals surface area (Å²) >= 11 is 0. The average molecular weight is 536 g/mol. The van der Waals surface area contributed by atoms with Gasteiger partial charge in [0.25, 0.3) is 10.0 Å². The summed E-state index contributed by atoms with van der Waals surface area (Å²) in [5, 5.41) is 2.90. The van der Waals surface area contributed by atoms with Gasteiger partial charge in [-0.15, -0.1) is 0 Å². The van der Waals surface area contributed by atoms with E-state index in [1.165, 1.54) is 21.3 Å². The summed E-state index contributed by atoms with van der Waals surface area (Å²) in [7, 11) is -4.07. The lowest BCUT2D eigenvalue weighted by molar-refractivity contribution is -0.139. The van der Waals surface area contributed by atoms with Gasteiger partial charge in [-0.25, -0.2) is 8.42 Å². The van der Waals surface area contributed by atoms with Crippen LogP contribution in [0.5, 0.6) is 0 Å². The number of aryl methyl sites for hydroxylation is 1. The molecule has 0 aliphatic carbocycles. The lowest BCUT2D eigenvalue weighted by Gasteiger charge is -2.32. The van der Waals surface area contributed by atoms with Crippen LogP contribution in [0.4, 0.5) is 5.69 Å². The van der Waals surface area contributed by atoms with Crippen molar-refractivity contribution in [1.82, 2.24) is 10.2 Å². The molecular formula is C30H37N3O4S. The number of sulfonamides is 1. The van der Waals surface area contributed by atoms with Crippen molar-refractivity contribution in [3.05, 3.63) is 96.1 Å². The number of para-hydroxylation sites is 1. The van der Waals surface area contributed by atoms with Crippen molar-refractivity contribution in [3.63, 3.8) is 0 Å². The zero-order chi connectivity index (χ0) is 27.7. The maximum absolute atomic E-state index is 13.9. The van der Waals surface area contributed by atoms with Crippen LogP contribution in [0.25, 0.3) is 0 Å². The van der Waals surface area contributed by atoms with Gasteiger partial charge in [-0.1, -0.05) is 87.5 Å². The molecule has 0 aromatic heterocycles. The second-order valence-electron chi connectivity index (χ2n) is 9.63. The van der Waals surface area contributed by atoms with Crippen molar-refractivity contribution < 1.29 is 18.0 Å². The van der Waals surface area contributed by atoms with Gasteiger partial charge in [0.1, 0.15) is 12.6 Å². The fourth-order valence-corrected chi connectivity index (χ4v) is 5.57. The summed E-state index contributed by atoms with van der Waals surface area (Å²) < 4.78 is 28.9. The smallest absolute Gasteiger partial charge is 0.264 e. The summed E-state index contributed by atoms with van der Waals surface area (Å²) in [4.78, 5) is 28.5. The van der Waals surface area contributed by atoms with Gasteiger partial charge in [-0.3, -0.25) is 13.9 Å². The molecule has 3 aromatic rings. The van der Waals surface area contributed by atoms with E-state index in [2.05, 4.69) is 5.32 Å². The molecule has 3 rings (SSSR count). The molecule has 0 fully saturated rings. The molecule has 2 amide bonds. The highest BCUT2D eigenvalue weighted by Gasteiger charge is 2.33. The van der Waals surface area contributed by atoms with E-state index in [0.29, 0.717) is 18.7 Å². The molecule has 0 spiro atoms. The molecule has 38 heavy (non-hydrogen) atoms. The predicted octanol–water partition coefficient (Wildman–Crippen LogP) is 4.63. The molecule has 3 aromatic carbocycles. The molecule has 7 nitrogen and oxygen atoms in total. The van der Waals surface area contributed by atoms with Crippen molar-refractivity contribution in [3.8, 4) is 0 Å². The Balaban J connectivity index is 2.02. The van der Waals surface area contributed by atoms with Crippen molar-refractivity contribution >= 4 is 27.5 Å². The highest BCUT2D eigenvalue weighted by molar-refractivity contribution is 7.92. The summed E-state index contributed by atoms with van der Waals surface area (Å²) in [6, 6.07) is 23.8. The summed E-state index contributed by atoms with van der Waals surface area (Å²) in [5.41, 5.74) is 2.09. The molecule has 1 N–H and O–H groups in total. The standard InChI is InChI=1S/C30H37N3O4S/c1-5-26-16-12-13-19-28(26)33(38(36,37)27-17-10-7-11-18-27)22-29(34)32(21-25-14-8-6-9-15-25)24(4)30(35)31-20-23(2)3/h6-19,23-24H,5,20-22H2,1-4H3,(H,31,35)/t24-/m0/s1. The molecule has 0 saturated heterocycles. The highest BCUT2D eigenvalue weighted by Crippen LogP contribution is 2.28. The van der Waals surface area contributed by atoms with Crippen LogP contribution < -0.4 is 9.62 Å². The predicted molar refractivity (Wildman–Crippen MR) is 151 cm³/mol. The van der Waals surface area contributed by atoms with Crippen LogP contribution in [-0.4, -0.2) is 44.3 Å². The third-order valence-electron chi connectivity index (χ3n) is 6.30. The quantitative estimate of drug-likeness (QED) is 0.366. The van der Waals surface area contributed by atoms with Crippen LogP contribution in [0.2, 0.25) is 0 Å². The normalized spacial score (nSPS) is 12.1. The van der Waals surface area contributed by atoms with Gasteiger partial charge in [-0.2, -0.15) is 0 Å². The Morgan fingerprint density at radius 1 is 0.842 bits per heavy atom. The maximum atomic E-state index is 13.9. The molecule has 0 saturated carbocycles. The fourth-order valence-electron chi connectivity index (χ4n) is 4.10.